The molecule has 136 valence electrons. The number of nitrogens with zero attached hydrogens (tertiary/aromatic N) is 4. The third-order valence-corrected chi connectivity index (χ3v) is 5.14. The standard InChI is InChI=1S/C18H21N5O2S/c1-4-8-14(17(24)19-15-11-12(2)25-22-15)26-18-21-20-16(23(18)3)13-9-6-5-7-10-13/h5-7,9-11,14H,4,8H2,1-3H3,(H,19,22,24). The number of nitrogens with one attached hydrogen (secondary N) is 1. The number of carbonyl (C=O) groups excluding carboxylic acids is 1. The molecule has 3 rings (SSSR count). The fourth-order valence-electron chi connectivity index (χ4n) is 2.52. The van der Waals surface area contributed by atoms with Crippen LogP contribution in [0.2, 0.25) is 0 Å². The van der Waals surface area contributed by atoms with Gasteiger partial charge in [0.2, 0.25) is 5.91 Å². The van der Waals surface area contributed by atoms with Crippen molar-refractivity contribution >= 4 is 23.5 Å². The fraction of sp³-hybridized carbons (Fsp3) is 0.333. The van der Waals surface area contributed by atoms with Crippen molar-refractivity contribution in [2.45, 2.75) is 37.1 Å². The Bertz CT molecular complexity index is 875. The van der Waals surface area contributed by atoms with Gasteiger partial charge in [-0.3, -0.25) is 4.79 Å². The molecule has 0 radical (unpaired) electrons. The average Bonchev–Trinajstić information content (AvgIpc) is 3.21. The normalized spacial score (nSPS) is 12.1. The Hall–Kier alpha value is -2.61. The summed E-state index contributed by atoms with van der Waals surface area (Å²) in [5.74, 6) is 1.74. The molecule has 1 N–H and O–H groups in total. The van der Waals surface area contributed by atoms with Gasteiger partial charge in [0.15, 0.2) is 16.8 Å². The number of aromatic nitrogens is 4. The lowest BCUT2D eigenvalue weighted by molar-refractivity contribution is -0.115. The zero-order chi connectivity index (χ0) is 18.5. The van der Waals surface area contributed by atoms with Crippen molar-refractivity contribution in [3.8, 4) is 11.4 Å². The number of hydrogen-bond donors (Lipinski definition) is 1. The van der Waals surface area contributed by atoms with Crippen LogP contribution in [0.25, 0.3) is 11.4 Å². The Morgan fingerprint density at radius 2 is 2.08 bits per heavy atom. The number of anilines is 1. The van der Waals surface area contributed by atoms with E-state index in [0.717, 1.165) is 24.2 Å². The van der Waals surface area contributed by atoms with Gasteiger partial charge in [-0.1, -0.05) is 60.6 Å². The van der Waals surface area contributed by atoms with E-state index < -0.39 is 0 Å². The SMILES string of the molecule is CCCC(Sc1nnc(-c2ccccc2)n1C)C(=O)Nc1cc(C)on1. The molecule has 0 saturated heterocycles. The molecule has 0 spiro atoms. The van der Waals surface area contributed by atoms with Crippen molar-refractivity contribution in [3.63, 3.8) is 0 Å². The van der Waals surface area contributed by atoms with Gasteiger partial charge in [-0.2, -0.15) is 0 Å². The van der Waals surface area contributed by atoms with Crippen molar-refractivity contribution < 1.29 is 9.32 Å². The molecule has 2 heterocycles. The second-order valence-corrected chi connectivity index (χ2v) is 7.11. The van der Waals surface area contributed by atoms with E-state index in [9.17, 15) is 4.79 Å². The van der Waals surface area contributed by atoms with Gasteiger partial charge in [0.1, 0.15) is 5.76 Å². The second-order valence-electron chi connectivity index (χ2n) is 5.94. The van der Waals surface area contributed by atoms with Crippen LogP contribution in [0.1, 0.15) is 25.5 Å². The van der Waals surface area contributed by atoms with Crippen LogP contribution in [0.3, 0.4) is 0 Å². The van der Waals surface area contributed by atoms with Gasteiger partial charge in [0.25, 0.3) is 0 Å². The summed E-state index contributed by atoms with van der Waals surface area (Å²) in [6, 6.07) is 11.6. The van der Waals surface area contributed by atoms with Crippen LogP contribution in [0.4, 0.5) is 5.82 Å². The maximum absolute atomic E-state index is 12.6. The maximum Gasteiger partial charge on any atom is 0.239 e. The van der Waals surface area contributed by atoms with Gasteiger partial charge in [-0.15, -0.1) is 10.2 Å². The Labute approximate surface area is 156 Å². The van der Waals surface area contributed by atoms with Crippen LogP contribution in [0, 0.1) is 6.92 Å². The van der Waals surface area contributed by atoms with E-state index in [1.807, 2.05) is 48.9 Å². The van der Waals surface area contributed by atoms with E-state index in [4.69, 9.17) is 4.52 Å². The molecular formula is C18H21N5O2S. The molecule has 2 aromatic heterocycles. The number of carbonyl (C=O) groups is 1. The first-order valence-corrected chi connectivity index (χ1v) is 9.32. The zero-order valence-electron chi connectivity index (χ0n) is 15.0. The second kappa shape index (κ2) is 8.18. The Morgan fingerprint density at radius 1 is 1.31 bits per heavy atom. The van der Waals surface area contributed by atoms with E-state index in [0.29, 0.717) is 16.7 Å². The van der Waals surface area contributed by atoms with Crippen LogP contribution in [-0.2, 0) is 11.8 Å². The highest BCUT2D eigenvalue weighted by molar-refractivity contribution is 8.00. The Balaban J connectivity index is 1.76. The highest BCUT2D eigenvalue weighted by atomic mass is 32.2. The Kier molecular flexibility index (Phi) is 5.72. The first-order chi connectivity index (χ1) is 12.6. The summed E-state index contributed by atoms with van der Waals surface area (Å²) in [6.45, 7) is 3.83. The van der Waals surface area contributed by atoms with E-state index >= 15 is 0 Å². The number of aryl methyl sites for hydroxylation is 1. The smallest absolute Gasteiger partial charge is 0.239 e. The summed E-state index contributed by atoms with van der Waals surface area (Å²) >= 11 is 1.41. The predicted octanol–water partition coefficient (Wildman–Crippen LogP) is 3.68. The number of rotatable bonds is 7. The van der Waals surface area contributed by atoms with E-state index in [-0.39, 0.29) is 11.2 Å². The monoisotopic (exact) mass is 371 g/mol. The quantitative estimate of drug-likeness (QED) is 0.638. The lowest BCUT2D eigenvalue weighted by Crippen LogP contribution is -2.25. The molecule has 0 aliphatic carbocycles. The third-order valence-electron chi connectivity index (χ3n) is 3.84. The van der Waals surface area contributed by atoms with Crippen LogP contribution in [0.15, 0.2) is 46.1 Å². The van der Waals surface area contributed by atoms with Crippen molar-refractivity contribution in [3.05, 3.63) is 42.2 Å². The Morgan fingerprint density at radius 3 is 2.73 bits per heavy atom. The summed E-state index contributed by atoms with van der Waals surface area (Å²) in [4.78, 5) is 12.6. The van der Waals surface area contributed by atoms with E-state index in [1.54, 1.807) is 13.0 Å². The molecule has 1 aromatic carbocycles. The van der Waals surface area contributed by atoms with Gasteiger partial charge >= 0.3 is 0 Å². The van der Waals surface area contributed by atoms with Crippen LogP contribution >= 0.6 is 11.8 Å². The molecule has 8 heteroatoms. The minimum Gasteiger partial charge on any atom is -0.360 e. The number of hydrogen-bond acceptors (Lipinski definition) is 6. The molecule has 0 fully saturated rings. The zero-order valence-corrected chi connectivity index (χ0v) is 15.8. The van der Waals surface area contributed by atoms with Crippen molar-refractivity contribution in [1.29, 1.82) is 0 Å². The summed E-state index contributed by atoms with van der Waals surface area (Å²) < 4.78 is 6.91. The molecule has 1 atom stereocenters. The summed E-state index contributed by atoms with van der Waals surface area (Å²) in [5, 5.41) is 15.6. The lowest BCUT2D eigenvalue weighted by Gasteiger charge is -2.14. The van der Waals surface area contributed by atoms with Gasteiger partial charge < -0.3 is 14.4 Å². The minimum atomic E-state index is -0.288. The topological polar surface area (TPSA) is 85.8 Å². The van der Waals surface area contributed by atoms with Crippen molar-refractivity contribution in [1.82, 2.24) is 19.9 Å². The van der Waals surface area contributed by atoms with Crippen molar-refractivity contribution in [2.24, 2.45) is 7.05 Å². The average molecular weight is 371 g/mol. The first-order valence-electron chi connectivity index (χ1n) is 8.44. The summed E-state index contributed by atoms with van der Waals surface area (Å²) in [7, 11) is 1.91. The molecule has 26 heavy (non-hydrogen) atoms. The molecule has 0 bridgehead atoms. The fourth-order valence-corrected chi connectivity index (χ4v) is 3.63. The summed E-state index contributed by atoms with van der Waals surface area (Å²) in [6.07, 6.45) is 1.60. The van der Waals surface area contributed by atoms with Gasteiger partial charge in [-0.05, 0) is 13.3 Å². The molecule has 7 nitrogen and oxygen atoms in total. The predicted molar refractivity (Wildman–Crippen MR) is 101 cm³/mol. The highest BCUT2D eigenvalue weighted by Crippen LogP contribution is 2.28. The van der Waals surface area contributed by atoms with Crippen LogP contribution < -0.4 is 5.32 Å². The number of thioether (sulfide) groups is 1. The molecule has 0 aliphatic heterocycles. The van der Waals surface area contributed by atoms with Gasteiger partial charge in [0, 0.05) is 18.7 Å². The molecular weight excluding hydrogens is 350 g/mol. The van der Waals surface area contributed by atoms with Crippen molar-refractivity contribution in [2.75, 3.05) is 5.32 Å². The van der Waals surface area contributed by atoms with E-state index in [2.05, 4.69) is 20.7 Å². The molecule has 0 aliphatic rings. The largest absolute Gasteiger partial charge is 0.360 e. The lowest BCUT2D eigenvalue weighted by atomic mass is 10.2. The van der Waals surface area contributed by atoms with Crippen LogP contribution in [0.5, 0.6) is 0 Å². The number of amides is 1. The first kappa shape index (κ1) is 18.2. The third kappa shape index (κ3) is 4.13. The molecule has 3 aromatic rings. The molecule has 1 unspecified atom stereocenters. The molecule has 0 saturated carbocycles. The molecule has 1 amide bonds. The minimum absolute atomic E-state index is 0.116. The maximum atomic E-state index is 12.6. The van der Waals surface area contributed by atoms with Gasteiger partial charge in [-0.25, -0.2) is 0 Å². The summed E-state index contributed by atoms with van der Waals surface area (Å²) in [5.41, 5.74) is 0.990. The van der Waals surface area contributed by atoms with Crippen LogP contribution in [-0.4, -0.2) is 31.1 Å². The van der Waals surface area contributed by atoms with E-state index in [1.165, 1.54) is 11.8 Å². The van der Waals surface area contributed by atoms with Gasteiger partial charge in [0.05, 0.1) is 5.25 Å². The highest BCUT2D eigenvalue weighted by Gasteiger charge is 2.23. The number of benzene rings is 1.